The summed E-state index contributed by atoms with van der Waals surface area (Å²) in [6.07, 6.45) is 0. The fourth-order valence-corrected chi connectivity index (χ4v) is 5.70. The topological polar surface area (TPSA) is 83.0 Å². The molecule has 0 radical (unpaired) electrons. The lowest BCUT2D eigenvalue weighted by atomic mass is 9.94. The van der Waals surface area contributed by atoms with Gasteiger partial charge in [0.15, 0.2) is 5.76 Å². The molecule has 0 saturated heterocycles. The summed E-state index contributed by atoms with van der Waals surface area (Å²) in [5.41, 5.74) is 3.72. The van der Waals surface area contributed by atoms with Crippen LogP contribution in [0.5, 0.6) is 5.75 Å². The molecule has 2 heterocycles. The number of carbonyl (C=O) groups excluding carboxylic acids is 2. The first kappa shape index (κ1) is 26.2. The van der Waals surface area contributed by atoms with Crippen LogP contribution in [0.2, 0.25) is 0 Å². The number of aliphatic hydroxyl groups is 1. The zero-order chi connectivity index (χ0) is 27.7. The van der Waals surface area contributed by atoms with Crippen LogP contribution in [-0.4, -0.2) is 42.5 Å². The van der Waals surface area contributed by atoms with Crippen molar-refractivity contribution in [1.82, 2.24) is 4.98 Å². The van der Waals surface area contributed by atoms with Crippen LogP contribution >= 0.6 is 11.3 Å². The van der Waals surface area contributed by atoms with Gasteiger partial charge in [0.05, 0.1) is 28.8 Å². The van der Waals surface area contributed by atoms with E-state index in [0.717, 1.165) is 11.3 Å². The van der Waals surface area contributed by atoms with Crippen LogP contribution < -0.4 is 14.5 Å². The van der Waals surface area contributed by atoms with Crippen molar-refractivity contribution >= 4 is 34.4 Å². The summed E-state index contributed by atoms with van der Waals surface area (Å²) in [5, 5.41) is 11.9. The molecule has 0 aliphatic carbocycles. The standard InChI is InChI=1S/C31H29N3O4S/c1-5-38-24-17-15-23(16-18-24)34-26(20-11-13-22(14-12-20)33(3)4)25(28(36)31(34)37)27(35)29-19(2)32-30(39-29)21-9-7-6-8-10-21/h6-18,26,36H,5H2,1-4H3. The van der Waals surface area contributed by atoms with E-state index < -0.39 is 23.5 Å². The monoisotopic (exact) mass is 539 g/mol. The Labute approximate surface area is 231 Å². The number of hydrogen-bond acceptors (Lipinski definition) is 7. The molecule has 1 amide bonds. The minimum Gasteiger partial charge on any atom is -0.503 e. The smallest absolute Gasteiger partial charge is 0.294 e. The Morgan fingerprint density at radius 1 is 1.03 bits per heavy atom. The first-order valence-electron chi connectivity index (χ1n) is 12.6. The molecular weight excluding hydrogens is 510 g/mol. The lowest BCUT2D eigenvalue weighted by Gasteiger charge is -2.27. The zero-order valence-electron chi connectivity index (χ0n) is 22.2. The molecule has 198 valence electrons. The highest BCUT2D eigenvalue weighted by molar-refractivity contribution is 7.17. The fraction of sp³-hybridized carbons (Fsp3) is 0.194. The van der Waals surface area contributed by atoms with E-state index in [-0.39, 0.29) is 5.57 Å². The average Bonchev–Trinajstić information content (AvgIpc) is 3.46. The number of aromatic nitrogens is 1. The van der Waals surface area contributed by atoms with E-state index in [1.54, 1.807) is 31.2 Å². The van der Waals surface area contributed by atoms with Gasteiger partial charge in [0.1, 0.15) is 10.8 Å². The maximum atomic E-state index is 14.1. The number of hydrogen-bond donors (Lipinski definition) is 1. The van der Waals surface area contributed by atoms with E-state index in [0.29, 0.717) is 39.2 Å². The molecule has 7 nitrogen and oxygen atoms in total. The highest BCUT2D eigenvalue weighted by Gasteiger charge is 2.45. The summed E-state index contributed by atoms with van der Waals surface area (Å²) in [6, 6.07) is 23.5. The highest BCUT2D eigenvalue weighted by atomic mass is 32.1. The third kappa shape index (κ3) is 4.91. The molecule has 3 aromatic carbocycles. The average molecular weight is 540 g/mol. The van der Waals surface area contributed by atoms with E-state index >= 15 is 0 Å². The highest BCUT2D eigenvalue weighted by Crippen LogP contribution is 2.44. The number of aliphatic hydroxyl groups excluding tert-OH is 1. The molecule has 1 unspecified atom stereocenters. The predicted molar refractivity (Wildman–Crippen MR) is 155 cm³/mol. The van der Waals surface area contributed by atoms with Crippen LogP contribution in [0.3, 0.4) is 0 Å². The lowest BCUT2D eigenvalue weighted by Crippen LogP contribution is -2.31. The summed E-state index contributed by atoms with van der Waals surface area (Å²) in [6.45, 7) is 4.19. The lowest BCUT2D eigenvalue weighted by molar-refractivity contribution is -0.117. The number of ketones is 1. The van der Waals surface area contributed by atoms with Crippen molar-refractivity contribution < 1.29 is 19.4 Å². The van der Waals surface area contributed by atoms with Gasteiger partial charge >= 0.3 is 0 Å². The Morgan fingerprint density at radius 2 is 1.69 bits per heavy atom. The van der Waals surface area contributed by atoms with Crippen molar-refractivity contribution in [3.8, 4) is 16.3 Å². The molecule has 39 heavy (non-hydrogen) atoms. The second-order valence-corrected chi connectivity index (χ2v) is 10.4. The van der Waals surface area contributed by atoms with Crippen molar-refractivity contribution in [2.45, 2.75) is 19.9 Å². The Morgan fingerprint density at radius 3 is 2.31 bits per heavy atom. The van der Waals surface area contributed by atoms with Gasteiger partial charge in [-0.05, 0) is 55.8 Å². The van der Waals surface area contributed by atoms with Crippen molar-refractivity contribution in [3.63, 3.8) is 0 Å². The zero-order valence-corrected chi connectivity index (χ0v) is 23.0. The van der Waals surface area contributed by atoms with E-state index in [1.165, 1.54) is 16.2 Å². The van der Waals surface area contributed by atoms with Crippen LogP contribution in [0, 0.1) is 6.92 Å². The van der Waals surface area contributed by atoms with E-state index in [9.17, 15) is 14.7 Å². The van der Waals surface area contributed by atoms with Gasteiger partial charge in [-0.15, -0.1) is 11.3 Å². The van der Waals surface area contributed by atoms with Crippen LogP contribution in [0.1, 0.15) is 33.9 Å². The number of Topliss-reactive ketones (excluding diaryl/α,β-unsaturated/α-hetero) is 1. The fourth-order valence-electron chi connectivity index (χ4n) is 4.68. The maximum absolute atomic E-state index is 14.1. The normalized spacial score (nSPS) is 15.1. The van der Waals surface area contributed by atoms with Gasteiger partial charge < -0.3 is 14.7 Å². The molecule has 1 N–H and O–H groups in total. The summed E-state index contributed by atoms with van der Waals surface area (Å²) >= 11 is 1.26. The number of benzene rings is 3. The van der Waals surface area contributed by atoms with Gasteiger partial charge in [0, 0.05) is 31.0 Å². The first-order valence-corrected chi connectivity index (χ1v) is 13.5. The first-order chi connectivity index (χ1) is 18.8. The molecule has 0 saturated carbocycles. The molecule has 0 spiro atoms. The van der Waals surface area contributed by atoms with E-state index in [1.807, 2.05) is 80.5 Å². The number of nitrogens with zero attached hydrogens (tertiary/aromatic N) is 3. The number of ether oxygens (including phenoxy) is 1. The van der Waals surface area contributed by atoms with Gasteiger partial charge in [-0.1, -0.05) is 42.5 Å². The molecule has 0 fully saturated rings. The molecule has 5 rings (SSSR count). The number of aryl methyl sites for hydroxylation is 1. The molecule has 1 aliphatic rings. The Kier molecular flexibility index (Phi) is 7.21. The number of thiazole rings is 1. The second-order valence-electron chi connectivity index (χ2n) is 9.38. The molecular formula is C31H29N3O4S. The van der Waals surface area contributed by atoms with E-state index in [2.05, 4.69) is 4.98 Å². The summed E-state index contributed by atoms with van der Waals surface area (Å²) < 4.78 is 5.56. The van der Waals surface area contributed by atoms with Gasteiger partial charge in [-0.25, -0.2) is 4.98 Å². The Hall–Kier alpha value is -4.43. The van der Waals surface area contributed by atoms with Crippen LogP contribution in [0.4, 0.5) is 11.4 Å². The minimum absolute atomic E-state index is 0.0397. The second kappa shape index (κ2) is 10.7. The molecule has 4 aromatic rings. The number of rotatable bonds is 8. The number of amides is 1. The summed E-state index contributed by atoms with van der Waals surface area (Å²) in [5.74, 6) is -0.922. The minimum atomic E-state index is -0.819. The third-order valence-corrected chi connectivity index (χ3v) is 7.83. The summed E-state index contributed by atoms with van der Waals surface area (Å²) in [4.78, 5) is 36.1. The Balaban J connectivity index is 1.60. The van der Waals surface area contributed by atoms with Crippen molar-refractivity contribution in [1.29, 1.82) is 0 Å². The van der Waals surface area contributed by atoms with E-state index in [4.69, 9.17) is 4.74 Å². The largest absolute Gasteiger partial charge is 0.503 e. The molecule has 1 aromatic heterocycles. The van der Waals surface area contributed by atoms with Gasteiger partial charge in [-0.2, -0.15) is 0 Å². The number of carbonyl (C=O) groups is 2. The number of anilines is 2. The maximum Gasteiger partial charge on any atom is 0.294 e. The predicted octanol–water partition coefficient (Wildman–Crippen LogP) is 6.37. The van der Waals surface area contributed by atoms with Gasteiger partial charge in [0.2, 0.25) is 5.78 Å². The van der Waals surface area contributed by atoms with Crippen molar-refractivity contribution in [2.24, 2.45) is 0 Å². The molecule has 1 atom stereocenters. The third-order valence-electron chi connectivity index (χ3n) is 6.63. The molecule has 8 heteroatoms. The molecule has 1 aliphatic heterocycles. The quantitative estimate of drug-likeness (QED) is 0.262. The van der Waals surface area contributed by atoms with Gasteiger partial charge in [-0.3, -0.25) is 14.5 Å². The van der Waals surface area contributed by atoms with Crippen LogP contribution in [0.25, 0.3) is 10.6 Å². The van der Waals surface area contributed by atoms with Crippen LogP contribution in [0.15, 0.2) is 90.2 Å². The Bertz CT molecular complexity index is 1540. The molecule has 0 bridgehead atoms. The van der Waals surface area contributed by atoms with Crippen LogP contribution in [-0.2, 0) is 4.79 Å². The summed E-state index contributed by atoms with van der Waals surface area (Å²) in [7, 11) is 3.88. The van der Waals surface area contributed by atoms with Crippen molar-refractivity contribution in [2.75, 3.05) is 30.5 Å². The van der Waals surface area contributed by atoms with Gasteiger partial charge in [0.25, 0.3) is 5.91 Å². The van der Waals surface area contributed by atoms with Crippen molar-refractivity contribution in [3.05, 3.63) is 106 Å². The SMILES string of the molecule is CCOc1ccc(N2C(=O)C(O)=C(C(=O)c3sc(-c4ccccc4)nc3C)C2c2ccc(N(C)C)cc2)cc1.